The summed E-state index contributed by atoms with van der Waals surface area (Å²) in [6, 6.07) is 31.9. The summed E-state index contributed by atoms with van der Waals surface area (Å²) in [5, 5.41) is 12.4. The normalized spacial score (nSPS) is 11.3. The maximum atomic E-state index is 13.3. The van der Waals surface area contributed by atoms with Crippen LogP contribution in [0.3, 0.4) is 0 Å². The van der Waals surface area contributed by atoms with E-state index in [1.54, 1.807) is 11.8 Å². The minimum absolute atomic E-state index is 0. The molecule has 0 bridgehead atoms. The molecule has 0 unspecified atom stereocenters. The fourth-order valence-corrected chi connectivity index (χ4v) is 5.07. The van der Waals surface area contributed by atoms with E-state index in [-0.39, 0.29) is 26.2 Å². The van der Waals surface area contributed by atoms with Crippen molar-refractivity contribution < 1.29 is 35.0 Å². The Morgan fingerprint density at radius 3 is 2.18 bits per heavy atom. The summed E-state index contributed by atoms with van der Waals surface area (Å²) in [5.41, 5.74) is 8.13. The van der Waals surface area contributed by atoms with Crippen molar-refractivity contribution >= 4 is 23.6 Å². The van der Waals surface area contributed by atoms with Crippen molar-refractivity contribution in [1.82, 2.24) is 5.32 Å². The Hall–Kier alpha value is -3.23. The zero-order chi connectivity index (χ0) is 26.9. The summed E-state index contributed by atoms with van der Waals surface area (Å²) >= 11 is 1.56. The molecule has 4 rings (SSSR count). The third kappa shape index (κ3) is 8.13. The number of carboxylic acid groups (broad SMARTS) is 1. The fraction of sp³-hybridized carbons (Fsp3) is 0.212. The number of amides is 1. The second kappa shape index (κ2) is 14.8. The van der Waals surface area contributed by atoms with Crippen molar-refractivity contribution in [2.24, 2.45) is 0 Å². The Labute approximate surface area is 248 Å². The summed E-state index contributed by atoms with van der Waals surface area (Å²) in [5.74, 6) is -0.718. The fourth-order valence-electron chi connectivity index (χ4n) is 4.60. The van der Waals surface area contributed by atoms with Gasteiger partial charge in [-0.05, 0) is 83.2 Å². The number of hydrogen-bond acceptors (Lipinski definition) is 3. The van der Waals surface area contributed by atoms with Gasteiger partial charge in [0.1, 0.15) is 6.04 Å². The van der Waals surface area contributed by atoms with E-state index in [4.69, 9.17) is 0 Å². The minimum Gasteiger partial charge on any atom is -1.00 e. The number of aryl methyl sites for hydroxylation is 3. The number of hydrogen-bond donors (Lipinski definition) is 2. The molecule has 0 radical (unpaired) electrons. The van der Waals surface area contributed by atoms with E-state index in [1.165, 1.54) is 16.7 Å². The average Bonchev–Trinajstić information content (AvgIpc) is 2.94. The number of rotatable bonds is 11. The molecule has 196 valence electrons. The van der Waals surface area contributed by atoms with Crippen molar-refractivity contribution in [2.75, 3.05) is 12.0 Å². The Morgan fingerprint density at radius 2 is 1.49 bits per heavy atom. The first-order valence-corrected chi connectivity index (χ1v) is 14.2. The smallest absolute Gasteiger partial charge is 1.00 e. The molecule has 4 nitrogen and oxygen atoms in total. The van der Waals surface area contributed by atoms with Gasteiger partial charge in [0.05, 0.1) is 0 Å². The van der Waals surface area contributed by atoms with Gasteiger partial charge in [-0.3, -0.25) is 4.79 Å². The molecule has 0 heterocycles. The number of carbonyl (C=O) groups is 2. The summed E-state index contributed by atoms with van der Waals surface area (Å²) in [4.78, 5) is 25.1. The molecular weight excluding hydrogens is 497 g/mol. The Bertz CT molecular complexity index is 1410. The van der Waals surface area contributed by atoms with Crippen LogP contribution in [0.25, 0.3) is 22.3 Å². The molecule has 6 heteroatoms. The molecule has 39 heavy (non-hydrogen) atoms. The number of carbonyl (C=O) groups excluding carboxylic acids is 1. The second-order valence-electron chi connectivity index (χ2n) is 9.41. The first-order chi connectivity index (χ1) is 18.5. The van der Waals surface area contributed by atoms with Crippen LogP contribution >= 0.6 is 11.8 Å². The van der Waals surface area contributed by atoms with Crippen molar-refractivity contribution in [3.8, 4) is 22.3 Å². The van der Waals surface area contributed by atoms with Gasteiger partial charge in [0.2, 0.25) is 0 Å². The number of benzene rings is 4. The van der Waals surface area contributed by atoms with E-state index in [1.807, 2.05) is 67.8 Å². The van der Waals surface area contributed by atoms with Gasteiger partial charge in [-0.2, -0.15) is 11.8 Å². The summed E-state index contributed by atoms with van der Waals surface area (Å²) in [6.07, 6.45) is 4.00. The van der Waals surface area contributed by atoms with E-state index < -0.39 is 12.0 Å². The molecule has 0 fully saturated rings. The molecule has 0 aliphatic carbocycles. The van der Waals surface area contributed by atoms with Crippen molar-refractivity contribution in [3.63, 3.8) is 0 Å². The van der Waals surface area contributed by atoms with E-state index in [0.717, 1.165) is 35.1 Å². The standard InChI is InChI=1S/C33H33NO3S.Li.H/c1-23-9-6-7-14-28(23)30-22-25(17-18-29(30)32(35)34-31(33(36)37)19-20-38-2)16-15-24-10-8-13-27(21-24)26-11-4-3-5-12-26;;/h3-14,17-18,21-22,31H,15-16,19-20H2,1-2H3,(H,34,35)(H,36,37);;/q;+1;-1/t31-;;/m0../s1. The third-order valence-corrected chi connectivity index (χ3v) is 7.36. The van der Waals surface area contributed by atoms with Gasteiger partial charge in [-0.1, -0.05) is 91.0 Å². The van der Waals surface area contributed by atoms with E-state index >= 15 is 0 Å². The quantitative estimate of drug-likeness (QED) is 0.285. The molecule has 0 saturated heterocycles. The molecule has 0 saturated carbocycles. The Balaban J connectivity index is 0.00000280. The molecule has 0 aliphatic heterocycles. The van der Waals surface area contributed by atoms with Crippen LogP contribution < -0.4 is 24.2 Å². The number of aliphatic carboxylic acids is 1. The summed E-state index contributed by atoms with van der Waals surface area (Å²) in [6.45, 7) is 2.03. The molecule has 1 amide bonds. The second-order valence-corrected chi connectivity index (χ2v) is 10.4. The molecule has 0 spiro atoms. The van der Waals surface area contributed by atoms with Gasteiger partial charge < -0.3 is 11.8 Å². The van der Waals surface area contributed by atoms with Crippen LogP contribution in [-0.4, -0.2) is 35.0 Å². The van der Waals surface area contributed by atoms with Crippen LogP contribution in [-0.2, 0) is 17.6 Å². The molecule has 2 N–H and O–H groups in total. The van der Waals surface area contributed by atoms with Gasteiger partial charge in [0.25, 0.3) is 5.91 Å². The number of carboxylic acids is 1. The predicted octanol–water partition coefficient (Wildman–Crippen LogP) is 4.17. The number of nitrogens with one attached hydrogen (secondary N) is 1. The predicted molar refractivity (Wildman–Crippen MR) is 159 cm³/mol. The zero-order valence-corrected chi connectivity index (χ0v) is 23.6. The van der Waals surface area contributed by atoms with Gasteiger partial charge in [-0.15, -0.1) is 0 Å². The molecule has 4 aromatic carbocycles. The van der Waals surface area contributed by atoms with Gasteiger partial charge in [-0.25, -0.2) is 4.79 Å². The first-order valence-electron chi connectivity index (χ1n) is 12.8. The average molecular weight is 532 g/mol. The number of thioether (sulfide) groups is 1. The van der Waals surface area contributed by atoms with E-state index in [0.29, 0.717) is 17.7 Å². The molecule has 0 aliphatic rings. The van der Waals surface area contributed by atoms with Crippen LogP contribution in [0.1, 0.15) is 34.9 Å². The topological polar surface area (TPSA) is 66.4 Å². The van der Waals surface area contributed by atoms with Crippen molar-refractivity contribution in [3.05, 3.63) is 119 Å². The molecular formula is C33H34LiNO3S. The van der Waals surface area contributed by atoms with Crippen LogP contribution in [0.15, 0.2) is 97.1 Å². The monoisotopic (exact) mass is 531 g/mol. The zero-order valence-electron chi connectivity index (χ0n) is 23.8. The molecule has 0 aromatic heterocycles. The van der Waals surface area contributed by atoms with Gasteiger partial charge in [0, 0.05) is 5.56 Å². The first kappa shape index (κ1) is 30.3. The summed E-state index contributed by atoms with van der Waals surface area (Å²) in [7, 11) is 0. The molecule has 1 atom stereocenters. The van der Waals surface area contributed by atoms with Crippen LogP contribution in [0.4, 0.5) is 0 Å². The van der Waals surface area contributed by atoms with Crippen molar-refractivity contribution in [1.29, 1.82) is 0 Å². The van der Waals surface area contributed by atoms with Crippen LogP contribution in [0.5, 0.6) is 0 Å². The Morgan fingerprint density at radius 1 is 0.821 bits per heavy atom. The van der Waals surface area contributed by atoms with E-state index in [2.05, 4.69) is 47.8 Å². The molecule has 4 aromatic rings. The maximum Gasteiger partial charge on any atom is 1.00 e. The van der Waals surface area contributed by atoms with Gasteiger partial charge >= 0.3 is 24.8 Å². The largest absolute Gasteiger partial charge is 1.00 e. The Kier molecular flexibility index (Phi) is 11.5. The minimum atomic E-state index is -1.01. The summed E-state index contributed by atoms with van der Waals surface area (Å²) < 4.78 is 0. The van der Waals surface area contributed by atoms with Crippen LogP contribution in [0.2, 0.25) is 0 Å². The SMILES string of the molecule is CSCC[C@H](NC(=O)c1ccc(CCc2cccc(-c3ccccc3)c2)cc1-c1ccccc1C)C(=O)O.[H-].[Li+]. The van der Waals surface area contributed by atoms with Gasteiger partial charge in [0.15, 0.2) is 0 Å². The van der Waals surface area contributed by atoms with E-state index in [9.17, 15) is 14.7 Å². The maximum absolute atomic E-state index is 13.3. The third-order valence-electron chi connectivity index (χ3n) is 6.71. The van der Waals surface area contributed by atoms with Crippen LogP contribution in [0, 0.1) is 6.92 Å². The van der Waals surface area contributed by atoms with Crippen molar-refractivity contribution in [2.45, 2.75) is 32.2 Å².